The lowest BCUT2D eigenvalue weighted by Gasteiger charge is -2.19. The fraction of sp³-hybridized carbons (Fsp3) is 0.643. The SMILES string of the molecule is CC(C)(C)OC(=O)Nc1ccn([C@H]2CCC(CS)O2)c(=O)n1. The molecule has 1 aromatic rings. The van der Waals surface area contributed by atoms with Gasteiger partial charge in [-0.2, -0.15) is 17.6 Å². The third-order valence-corrected chi connectivity index (χ3v) is 3.47. The molecule has 0 aromatic carbocycles. The standard InChI is InChI=1S/C14H21N3O4S/c1-14(2,3)21-13(19)16-10-6-7-17(12(18)15-10)11-5-4-9(8-22)20-11/h6-7,9,11,22H,4-5,8H2,1-3H3,(H,15,16,18,19)/t9?,11-/m1/s1. The topological polar surface area (TPSA) is 82.5 Å². The molecular formula is C14H21N3O4S. The largest absolute Gasteiger partial charge is 0.444 e. The van der Waals surface area contributed by atoms with Crippen molar-refractivity contribution in [2.45, 2.75) is 51.5 Å². The molecule has 2 rings (SSSR count). The van der Waals surface area contributed by atoms with E-state index in [-0.39, 0.29) is 18.1 Å². The predicted molar refractivity (Wildman–Crippen MR) is 85.4 cm³/mol. The van der Waals surface area contributed by atoms with Gasteiger partial charge in [0.2, 0.25) is 0 Å². The van der Waals surface area contributed by atoms with Gasteiger partial charge in [0.05, 0.1) is 6.10 Å². The van der Waals surface area contributed by atoms with Crippen molar-refractivity contribution in [3.8, 4) is 0 Å². The van der Waals surface area contributed by atoms with E-state index in [1.807, 2.05) is 0 Å². The Hall–Kier alpha value is -1.54. The Labute approximate surface area is 134 Å². The lowest BCUT2D eigenvalue weighted by atomic mass is 10.2. The molecule has 0 radical (unpaired) electrons. The van der Waals surface area contributed by atoms with Gasteiger partial charge in [0.1, 0.15) is 17.6 Å². The Morgan fingerprint density at radius 1 is 1.55 bits per heavy atom. The number of hydrogen-bond acceptors (Lipinski definition) is 6. The normalized spacial score (nSPS) is 21.6. The molecule has 1 N–H and O–H groups in total. The summed E-state index contributed by atoms with van der Waals surface area (Å²) in [4.78, 5) is 27.5. The van der Waals surface area contributed by atoms with Crippen molar-refractivity contribution in [3.63, 3.8) is 0 Å². The summed E-state index contributed by atoms with van der Waals surface area (Å²) < 4.78 is 12.2. The molecule has 1 amide bonds. The van der Waals surface area contributed by atoms with Gasteiger partial charge < -0.3 is 9.47 Å². The summed E-state index contributed by atoms with van der Waals surface area (Å²) in [7, 11) is 0. The molecule has 0 bridgehead atoms. The quantitative estimate of drug-likeness (QED) is 0.832. The van der Waals surface area contributed by atoms with Crippen molar-refractivity contribution in [3.05, 3.63) is 22.7 Å². The molecule has 1 aliphatic heterocycles. The molecule has 2 heterocycles. The molecule has 1 aliphatic rings. The zero-order chi connectivity index (χ0) is 16.3. The number of anilines is 1. The van der Waals surface area contributed by atoms with E-state index in [0.717, 1.165) is 12.8 Å². The van der Waals surface area contributed by atoms with Crippen LogP contribution in [0.3, 0.4) is 0 Å². The summed E-state index contributed by atoms with van der Waals surface area (Å²) in [5.41, 5.74) is -1.09. The van der Waals surface area contributed by atoms with Crippen LogP contribution in [0, 0.1) is 0 Å². The van der Waals surface area contributed by atoms with E-state index in [4.69, 9.17) is 9.47 Å². The van der Waals surface area contributed by atoms with Gasteiger partial charge in [-0.05, 0) is 39.7 Å². The lowest BCUT2D eigenvalue weighted by Crippen LogP contribution is -2.30. The second-order valence-electron chi connectivity index (χ2n) is 6.10. The van der Waals surface area contributed by atoms with Crippen molar-refractivity contribution in [1.29, 1.82) is 0 Å². The van der Waals surface area contributed by atoms with Gasteiger partial charge >= 0.3 is 11.8 Å². The highest BCUT2D eigenvalue weighted by molar-refractivity contribution is 7.80. The predicted octanol–water partition coefficient (Wildman–Crippen LogP) is 2.20. The van der Waals surface area contributed by atoms with Gasteiger partial charge in [-0.15, -0.1) is 0 Å². The van der Waals surface area contributed by atoms with Crippen LogP contribution in [0.2, 0.25) is 0 Å². The van der Waals surface area contributed by atoms with Crippen molar-refractivity contribution in [2.75, 3.05) is 11.1 Å². The monoisotopic (exact) mass is 327 g/mol. The van der Waals surface area contributed by atoms with Gasteiger partial charge in [-0.1, -0.05) is 0 Å². The third-order valence-electron chi connectivity index (χ3n) is 3.06. The number of hydrogen-bond donors (Lipinski definition) is 2. The first-order valence-corrected chi connectivity index (χ1v) is 7.77. The van der Waals surface area contributed by atoms with Crippen molar-refractivity contribution < 1.29 is 14.3 Å². The van der Waals surface area contributed by atoms with Gasteiger partial charge in [-0.3, -0.25) is 9.88 Å². The summed E-state index contributed by atoms with van der Waals surface area (Å²) in [5, 5.41) is 2.44. The maximum absolute atomic E-state index is 12.0. The molecule has 0 saturated carbocycles. The molecule has 0 spiro atoms. The van der Waals surface area contributed by atoms with Crippen LogP contribution in [0.1, 0.15) is 39.8 Å². The van der Waals surface area contributed by atoms with E-state index in [1.54, 1.807) is 33.0 Å². The third kappa shape index (κ3) is 4.48. The molecular weight excluding hydrogens is 306 g/mol. The highest BCUT2D eigenvalue weighted by Crippen LogP contribution is 2.27. The summed E-state index contributed by atoms with van der Waals surface area (Å²) in [5.74, 6) is 0.774. The van der Waals surface area contributed by atoms with E-state index in [0.29, 0.717) is 5.75 Å². The molecule has 122 valence electrons. The molecule has 1 unspecified atom stereocenters. The molecule has 1 saturated heterocycles. The van der Waals surface area contributed by atoms with Gasteiger partial charge in [-0.25, -0.2) is 9.59 Å². The van der Waals surface area contributed by atoms with Gasteiger partial charge in [0.25, 0.3) is 0 Å². The Balaban J connectivity index is 2.04. The lowest BCUT2D eigenvalue weighted by molar-refractivity contribution is 0.0103. The maximum Gasteiger partial charge on any atom is 0.413 e. The molecule has 1 aromatic heterocycles. The van der Waals surface area contributed by atoms with Crippen molar-refractivity contribution >= 4 is 24.5 Å². The second kappa shape index (κ2) is 6.70. The maximum atomic E-state index is 12.0. The van der Waals surface area contributed by atoms with E-state index in [9.17, 15) is 9.59 Å². The van der Waals surface area contributed by atoms with Crippen LogP contribution in [-0.2, 0) is 9.47 Å². The van der Waals surface area contributed by atoms with Crippen LogP contribution in [-0.4, -0.2) is 33.1 Å². The van der Waals surface area contributed by atoms with Crippen LogP contribution >= 0.6 is 12.6 Å². The summed E-state index contributed by atoms with van der Waals surface area (Å²) in [6.45, 7) is 5.27. The van der Waals surface area contributed by atoms with E-state index < -0.39 is 17.4 Å². The molecule has 8 heteroatoms. The molecule has 2 atom stereocenters. The van der Waals surface area contributed by atoms with Gasteiger partial charge in [0, 0.05) is 11.9 Å². The van der Waals surface area contributed by atoms with Crippen molar-refractivity contribution in [2.24, 2.45) is 0 Å². The average molecular weight is 327 g/mol. The first-order valence-electron chi connectivity index (χ1n) is 7.14. The fourth-order valence-electron chi connectivity index (χ4n) is 2.14. The minimum atomic E-state index is -0.649. The van der Waals surface area contributed by atoms with E-state index in [1.165, 1.54) is 4.57 Å². The highest BCUT2D eigenvalue weighted by Gasteiger charge is 2.26. The molecule has 22 heavy (non-hydrogen) atoms. The summed E-state index contributed by atoms with van der Waals surface area (Å²) >= 11 is 4.19. The number of nitrogens with zero attached hydrogens (tertiary/aromatic N) is 2. The summed E-state index contributed by atoms with van der Waals surface area (Å²) in [6, 6.07) is 1.54. The average Bonchev–Trinajstić information content (AvgIpc) is 2.85. The fourth-order valence-corrected chi connectivity index (χ4v) is 2.40. The number of aromatic nitrogens is 2. The second-order valence-corrected chi connectivity index (χ2v) is 6.47. The zero-order valence-corrected chi connectivity index (χ0v) is 13.8. The highest BCUT2D eigenvalue weighted by atomic mass is 32.1. The molecule has 1 fully saturated rings. The van der Waals surface area contributed by atoms with Crippen molar-refractivity contribution in [1.82, 2.24) is 9.55 Å². The molecule has 0 aliphatic carbocycles. The van der Waals surface area contributed by atoms with Crippen LogP contribution < -0.4 is 11.0 Å². The number of ether oxygens (including phenoxy) is 2. The molecule has 7 nitrogen and oxygen atoms in total. The van der Waals surface area contributed by atoms with Crippen LogP contribution in [0.5, 0.6) is 0 Å². The minimum Gasteiger partial charge on any atom is -0.444 e. The number of amides is 1. The Kier molecular flexibility index (Phi) is 5.12. The van der Waals surface area contributed by atoms with E-state index in [2.05, 4.69) is 22.9 Å². The Bertz CT molecular complexity index is 596. The number of carbonyl (C=O) groups is 1. The van der Waals surface area contributed by atoms with E-state index >= 15 is 0 Å². The van der Waals surface area contributed by atoms with Crippen LogP contribution in [0.25, 0.3) is 0 Å². The van der Waals surface area contributed by atoms with Crippen LogP contribution in [0.15, 0.2) is 17.1 Å². The first kappa shape index (κ1) is 16.8. The number of thiol groups is 1. The van der Waals surface area contributed by atoms with Gasteiger partial charge in [0.15, 0.2) is 0 Å². The smallest absolute Gasteiger partial charge is 0.413 e. The number of nitrogens with one attached hydrogen (secondary N) is 1. The number of rotatable bonds is 3. The number of carbonyl (C=O) groups excluding carboxylic acids is 1. The summed E-state index contributed by atoms with van der Waals surface area (Å²) in [6.07, 6.45) is 2.24. The van der Waals surface area contributed by atoms with Crippen LogP contribution in [0.4, 0.5) is 10.6 Å². The first-order chi connectivity index (χ1) is 10.3. The Morgan fingerprint density at radius 2 is 2.27 bits per heavy atom. The minimum absolute atomic E-state index is 0.0554. The Morgan fingerprint density at radius 3 is 2.82 bits per heavy atom. The zero-order valence-electron chi connectivity index (χ0n) is 12.9.